The molecule has 0 saturated heterocycles. The Labute approximate surface area is 132 Å². The highest BCUT2D eigenvalue weighted by atomic mass is 79.9. The number of phenols is 1. The molecular weight excluding hydrogens is 454 g/mol. The minimum atomic E-state index is -1.16. The van der Waals surface area contributed by atoms with E-state index < -0.39 is 28.7 Å². The minimum Gasteiger partial charge on any atom is -0.504 e. The van der Waals surface area contributed by atoms with Crippen molar-refractivity contribution >= 4 is 53.6 Å². The van der Waals surface area contributed by atoms with Crippen LogP contribution < -0.4 is 0 Å². The Bertz CT molecular complexity index is 651. The molecule has 1 aromatic carbocycles. The Kier molecular flexibility index (Phi) is 4.27. The summed E-state index contributed by atoms with van der Waals surface area (Å²) in [6, 6.07) is 1.34. The summed E-state index contributed by atoms with van der Waals surface area (Å²) < 4.78 is 28.3. The van der Waals surface area contributed by atoms with Gasteiger partial charge in [0.1, 0.15) is 5.82 Å². The van der Waals surface area contributed by atoms with Gasteiger partial charge in [-0.15, -0.1) is 0 Å². The summed E-state index contributed by atoms with van der Waals surface area (Å²) in [6.07, 6.45) is 0.275. The molecule has 7 heteroatoms. The summed E-state index contributed by atoms with van der Waals surface area (Å²) in [4.78, 5) is 12.2. The second kappa shape index (κ2) is 5.46. The van der Waals surface area contributed by atoms with Crippen LogP contribution in [0.1, 0.15) is 16.8 Å². The molecule has 19 heavy (non-hydrogen) atoms. The Morgan fingerprint density at radius 3 is 2.32 bits per heavy atom. The summed E-state index contributed by atoms with van der Waals surface area (Å²) in [6.45, 7) is 0. The van der Waals surface area contributed by atoms with Gasteiger partial charge in [0.05, 0.1) is 5.56 Å². The van der Waals surface area contributed by atoms with E-state index in [0.29, 0.717) is 20.6 Å². The number of benzene rings is 1. The summed E-state index contributed by atoms with van der Waals surface area (Å²) in [5.74, 6) is -3.56. The second-order valence-electron chi connectivity index (χ2n) is 3.80. The van der Waals surface area contributed by atoms with Crippen LogP contribution in [0.15, 0.2) is 31.2 Å². The van der Waals surface area contributed by atoms with Crippen LogP contribution in [0.25, 0.3) is 0 Å². The first-order valence-corrected chi connectivity index (χ1v) is 7.36. The van der Waals surface area contributed by atoms with E-state index in [0.717, 1.165) is 10.5 Å². The summed E-state index contributed by atoms with van der Waals surface area (Å²) >= 11 is 9.76. The van der Waals surface area contributed by atoms with Crippen LogP contribution in [0, 0.1) is 11.6 Å². The van der Waals surface area contributed by atoms with Gasteiger partial charge in [-0.05, 0) is 37.9 Å². The zero-order valence-corrected chi connectivity index (χ0v) is 13.9. The monoisotopic (exact) mass is 456 g/mol. The van der Waals surface area contributed by atoms with E-state index in [9.17, 15) is 18.7 Å². The first-order valence-electron chi connectivity index (χ1n) is 4.98. The van der Waals surface area contributed by atoms with Gasteiger partial charge in [0, 0.05) is 31.5 Å². The zero-order valence-electron chi connectivity index (χ0n) is 9.11. The fourth-order valence-electron chi connectivity index (χ4n) is 1.64. The maximum Gasteiger partial charge on any atom is 0.194 e. The predicted octanol–water partition coefficient (Wildman–Crippen LogP) is 4.91. The molecule has 0 heterocycles. The number of hydrogen-bond donors (Lipinski definition) is 1. The normalized spacial score (nSPS) is 15.4. The summed E-state index contributed by atoms with van der Waals surface area (Å²) in [5.41, 5.74) is -0.0917. The molecule has 0 unspecified atom stereocenters. The number of hydrogen-bond acceptors (Lipinski definition) is 2. The lowest BCUT2D eigenvalue weighted by Gasteiger charge is -2.07. The molecule has 1 aliphatic carbocycles. The van der Waals surface area contributed by atoms with Gasteiger partial charge in [0.2, 0.25) is 0 Å². The smallest absolute Gasteiger partial charge is 0.194 e. The van der Waals surface area contributed by atoms with Crippen molar-refractivity contribution in [1.29, 1.82) is 0 Å². The van der Waals surface area contributed by atoms with Crippen molar-refractivity contribution in [3.8, 4) is 5.75 Å². The van der Waals surface area contributed by atoms with Gasteiger partial charge in [0.25, 0.3) is 0 Å². The van der Waals surface area contributed by atoms with Crippen molar-refractivity contribution in [2.75, 3.05) is 0 Å². The van der Waals surface area contributed by atoms with Gasteiger partial charge < -0.3 is 5.11 Å². The number of carbonyl (C=O) groups excluding carboxylic acids is 1. The lowest BCUT2D eigenvalue weighted by atomic mass is 10.0. The van der Waals surface area contributed by atoms with Crippen LogP contribution in [0.3, 0.4) is 0 Å². The maximum atomic E-state index is 13.2. The van der Waals surface area contributed by atoms with E-state index in [1.165, 1.54) is 0 Å². The van der Waals surface area contributed by atoms with Crippen molar-refractivity contribution in [3.05, 3.63) is 48.4 Å². The average Bonchev–Trinajstić information content (AvgIpc) is 2.61. The first kappa shape index (κ1) is 14.9. The number of ketones is 1. The Hall–Kier alpha value is -0.530. The van der Waals surface area contributed by atoms with Crippen molar-refractivity contribution in [3.63, 3.8) is 0 Å². The van der Waals surface area contributed by atoms with Crippen LogP contribution in [-0.2, 0) is 0 Å². The topological polar surface area (TPSA) is 37.3 Å². The van der Waals surface area contributed by atoms with Crippen LogP contribution in [0.2, 0.25) is 0 Å². The number of carbonyl (C=O) groups is 1. The van der Waals surface area contributed by atoms with Gasteiger partial charge in [-0.25, -0.2) is 8.78 Å². The molecule has 1 N–H and O–H groups in total. The fourth-order valence-corrected chi connectivity index (χ4v) is 3.33. The first-order chi connectivity index (χ1) is 8.82. The second-order valence-corrected chi connectivity index (χ2v) is 6.34. The van der Waals surface area contributed by atoms with Gasteiger partial charge in [-0.1, -0.05) is 15.9 Å². The summed E-state index contributed by atoms with van der Waals surface area (Å²) in [7, 11) is 0. The van der Waals surface area contributed by atoms with Gasteiger partial charge in [0.15, 0.2) is 17.3 Å². The van der Waals surface area contributed by atoms with Crippen LogP contribution >= 0.6 is 47.8 Å². The Morgan fingerprint density at radius 1 is 1.16 bits per heavy atom. The molecule has 2 nitrogen and oxygen atoms in total. The highest BCUT2D eigenvalue weighted by Crippen LogP contribution is 2.44. The number of halogens is 5. The van der Waals surface area contributed by atoms with E-state index in [1.807, 2.05) is 0 Å². The van der Waals surface area contributed by atoms with E-state index in [2.05, 4.69) is 47.8 Å². The maximum absolute atomic E-state index is 13.2. The van der Waals surface area contributed by atoms with Crippen molar-refractivity contribution < 1.29 is 18.7 Å². The summed E-state index contributed by atoms with van der Waals surface area (Å²) in [5, 5.41) is 9.53. The quantitative estimate of drug-likeness (QED) is 0.640. The molecule has 0 bridgehead atoms. The molecule has 0 amide bonds. The molecule has 1 aliphatic rings. The molecule has 0 fully saturated rings. The lowest BCUT2D eigenvalue weighted by molar-refractivity contribution is 0.102. The molecule has 2 rings (SSSR count). The van der Waals surface area contributed by atoms with Crippen LogP contribution in [-0.4, -0.2) is 10.9 Å². The van der Waals surface area contributed by atoms with E-state index in [-0.39, 0.29) is 6.42 Å². The van der Waals surface area contributed by atoms with Crippen LogP contribution in [0.4, 0.5) is 8.78 Å². The number of phenolic OH excluding ortho intramolecular Hbond substituents is 1. The van der Waals surface area contributed by atoms with E-state index in [4.69, 9.17) is 0 Å². The van der Waals surface area contributed by atoms with Crippen molar-refractivity contribution in [1.82, 2.24) is 0 Å². The van der Waals surface area contributed by atoms with Gasteiger partial charge in [-0.3, -0.25) is 4.79 Å². The number of aromatic hydroxyl groups is 1. The van der Waals surface area contributed by atoms with Crippen molar-refractivity contribution in [2.24, 2.45) is 0 Å². The highest BCUT2D eigenvalue weighted by Gasteiger charge is 2.28. The molecule has 0 atom stereocenters. The third kappa shape index (κ3) is 2.68. The standard InChI is InChI=1S/C12H5Br3F2O2/c13-7-3-5(9(14)10(7)15)11(18)6-1-4(16)2-8(17)12(6)19/h1-2,19H,3H2. The van der Waals surface area contributed by atoms with E-state index in [1.54, 1.807) is 0 Å². The zero-order chi connectivity index (χ0) is 14.3. The third-order valence-electron chi connectivity index (χ3n) is 2.57. The van der Waals surface area contributed by atoms with Gasteiger partial charge in [-0.2, -0.15) is 0 Å². The number of Topliss-reactive ketones (excluding diaryl/α,β-unsaturated/α-hetero) is 1. The number of allylic oxidation sites excluding steroid dienone is 4. The molecule has 0 saturated carbocycles. The highest BCUT2D eigenvalue weighted by molar-refractivity contribution is 9.16. The Balaban J connectivity index is 2.49. The SMILES string of the molecule is O=C(C1=C(Br)C(Br)=C(Br)C1)c1cc(F)cc(F)c1O. The van der Waals surface area contributed by atoms with Crippen molar-refractivity contribution in [2.45, 2.75) is 6.42 Å². The largest absolute Gasteiger partial charge is 0.504 e. The molecule has 1 aromatic rings. The molecule has 0 aliphatic heterocycles. The van der Waals surface area contributed by atoms with Gasteiger partial charge >= 0.3 is 0 Å². The third-order valence-corrected chi connectivity index (χ3v) is 6.07. The minimum absolute atomic E-state index is 0.275. The van der Waals surface area contributed by atoms with Crippen LogP contribution in [0.5, 0.6) is 5.75 Å². The van der Waals surface area contributed by atoms with E-state index >= 15 is 0 Å². The molecule has 0 spiro atoms. The fraction of sp³-hybridized carbons (Fsp3) is 0.0833. The molecule has 0 radical (unpaired) electrons. The molecule has 0 aromatic heterocycles. The molecule has 100 valence electrons. The number of rotatable bonds is 2. The Morgan fingerprint density at radius 2 is 1.79 bits per heavy atom. The lowest BCUT2D eigenvalue weighted by Crippen LogP contribution is -2.05. The average molecular weight is 459 g/mol. The molecular formula is C12H5Br3F2O2. The predicted molar refractivity (Wildman–Crippen MR) is 77.8 cm³/mol.